The van der Waals surface area contributed by atoms with E-state index in [4.69, 9.17) is 13.9 Å². The number of aliphatic hydroxyl groups is 1. The molecule has 0 bridgehead atoms. The van der Waals surface area contributed by atoms with Crippen LogP contribution < -0.4 is 10.2 Å². The van der Waals surface area contributed by atoms with E-state index in [2.05, 4.69) is 6.92 Å². The van der Waals surface area contributed by atoms with Crippen LogP contribution in [0.3, 0.4) is 0 Å². The minimum Gasteiger partial charge on any atom is -0.486 e. The van der Waals surface area contributed by atoms with Crippen LogP contribution in [0, 0.1) is 6.92 Å². The van der Waals surface area contributed by atoms with Crippen molar-refractivity contribution in [1.29, 1.82) is 0 Å². The Kier molecular flexibility index (Phi) is 12.0. The lowest BCUT2D eigenvalue weighted by molar-refractivity contribution is -0.143. The smallest absolute Gasteiger partial charge is 0.305 e. The summed E-state index contributed by atoms with van der Waals surface area (Å²) in [4.78, 5) is 23.5. The molecule has 0 fully saturated rings. The molecule has 0 aliphatic carbocycles. The average Bonchev–Trinajstić information content (AvgIpc) is 2.64. The van der Waals surface area contributed by atoms with Gasteiger partial charge in [-0.25, -0.2) is 0 Å². The Morgan fingerprint density at radius 3 is 2.71 bits per heavy atom. The lowest BCUT2D eigenvalue weighted by Crippen LogP contribution is -2.11. The molecule has 0 aliphatic heterocycles. The third-order valence-corrected chi connectivity index (χ3v) is 4.20. The molecule has 158 valence electrons. The third kappa shape index (κ3) is 9.74. The van der Waals surface area contributed by atoms with E-state index >= 15 is 0 Å². The van der Waals surface area contributed by atoms with Gasteiger partial charge in [0.25, 0.3) is 0 Å². The highest BCUT2D eigenvalue weighted by atomic mass is 16.5. The molecular formula is C22H34O6. The molecule has 1 rings (SSSR count). The van der Waals surface area contributed by atoms with Crippen molar-refractivity contribution in [2.45, 2.75) is 78.2 Å². The summed E-state index contributed by atoms with van der Waals surface area (Å²) in [5, 5.41) is 10.0. The number of ether oxygens (including phenoxy) is 2. The SMILES string of the molecule is CCCCCC(O)C=Cc1oc(C)cc(=O)c1OCCCCCC(=O)OCC. The molecule has 1 N–H and O–H groups in total. The number of carbonyl (C=O) groups is 1. The maximum absolute atomic E-state index is 12.3. The number of aliphatic hydroxyl groups excluding tert-OH is 1. The lowest BCUT2D eigenvalue weighted by atomic mass is 10.1. The van der Waals surface area contributed by atoms with Gasteiger partial charge in [0.05, 0.1) is 19.3 Å². The van der Waals surface area contributed by atoms with Crippen LogP contribution in [0.25, 0.3) is 6.08 Å². The Morgan fingerprint density at radius 2 is 2.00 bits per heavy atom. The molecular weight excluding hydrogens is 360 g/mol. The summed E-state index contributed by atoms with van der Waals surface area (Å²) >= 11 is 0. The predicted octanol–water partition coefficient (Wildman–Crippen LogP) is 4.40. The van der Waals surface area contributed by atoms with Gasteiger partial charge in [0.2, 0.25) is 11.2 Å². The highest BCUT2D eigenvalue weighted by molar-refractivity contribution is 5.69. The molecule has 6 heteroatoms. The Hall–Kier alpha value is -2.08. The molecule has 0 aromatic carbocycles. The second kappa shape index (κ2) is 14.0. The van der Waals surface area contributed by atoms with Gasteiger partial charge >= 0.3 is 5.97 Å². The molecule has 0 saturated heterocycles. The quantitative estimate of drug-likeness (QED) is 0.372. The zero-order valence-corrected chi connectivity index (χ0v) is 17.4. The first kappa shape index (κ1) is 24.0. The van der Waals surface area contributed by atoms with Crippen LogP contribution >= 0.6 is 0 Å². The Morgan fingerprint density at radius 1 is 1.21 bits per heavy atom. The van der Waals surface area contributed by atoms with E-state index in [1.54, 1.807) is 26.0 Å². The fourth-order valence-corrected chi connectivity index (χ4v) is 2.73. The fourth-order valence-electron chi connectivity index (χ4n) is 2.73. The van der Waals surface area contributed by atoms with Crippen molar-refractivity contribution < 1.29 is 23.8 Å². The molecule has 6 nitrogen and oxygen atoms in total. The van der Waals surface area contributed by atoms with Crippen molar-refractivity contribution in [1.82, 2.24) is 0 Å². The van der Waals surface area contributed by atoms with E-state index in [9.17, 15) is 14.7 Å². The van der Waals surface area contributed by atoms with Gasteiger partial charge in [0.15, 0.2) is 5.76 Å². The number of esters is 1. The van der Waals surface area contributed by atoms with Gasteiger partial charge in [-0.15, -0.1) is 0 Å². The van der Waals surface area contributed by atoms with E-state index < -0.39 is 6.10 Å². The second-order valence-corrected chi connectivity index (χ2v) is 6.80. The molecule has 1 atom stereocenters. The fraction of sp³-hybridized carbons (Fsp3) is 0.636. The largest absolute Gasteiger partial charge is 0.486 e. The van der Waals surface area contributed by atoms with Crippen LogP contribution in [-0.4, -0.2) is 30.4 Å². The molecule has 28 heavy (non-hydrogen) atoms. The van der Waals surface area contributed by atoms with Gasteiger partial charge in [0.1, 0.15) is 5.76 Å². The maximum atomic E-state index is 12.3. The average molecular weight is 395 g/mol. The van der Waals surface area contributed by atoms with Gasteiger partial charge in [-0.1, -0.05) is 32.3 Å². The molecule has 0 spiro atoms. The van der Waals surface area contributed by atoms with Crippen LogP contribution in [0.4, 0.5) is 0 Å². The van der Waals surface area contributed by atoms with Gasteiger partial charge in [-0.05, 0) is 45.6 Å². The standard InChI is InChI=1S/C22H34O6/c1-4-6-8-11-18(23)13-14-20-22(19(24)16-17(3)28-20)27-15-10-7-9-12-21(25)26-5-2/h13-14,16,18,23H,4-12,15H2,1-3H3. The van der Waals surface area contributed by atoms with Crippen LogP contribution in [-0.2, 0) is 9.53 Å². The molecule has 0 saturated carbocycles. The number of rotatable bonds is 14. The van der Waals surface area contributed by atoms with Crippen LogP contribution in [0.15, 0.2) is 21.4 Å². The topological polar surface area (TPSA) is 86.0 Å². The zero-order chi connectivity index (χ0) is 20.8. The highest BCUT2D eigenvalue weighted by Gasteiger charge is 2.11. The second-order valence-electron chi connectivity index (χ2n) is 6.80. The van der Waals surface area contributed by atoms with Crippen molar-refractivity contribution in [3.63, 3.8) is 0 Å². The van der Waals surface area contributed by atoms with E-state index in [0.29, 0.717) is 37.6 Å². The van der Waals surface area contributed by atoms with Crippen molar-refractivity contribution in [3.8, 4) is 5.75 Å². The Balaban J connectivity index is 2.56. The van der Waals surface area contributed by atoms with Crippen molar-refractivity contribution in [2.75, 3.05) is 13.2 Å². The molecule has 1 aromatic rings. The van der Waals surface area contributed by atoms with Crippen molar-refractivity contribution in [2.24, 2.45) is 0 Å². The van der Waals surface area contributed by atoms with E-state index in [-0.39, 0.29) is 17.1 Å². The minimum atomic E-state index is -0.576. The summed E-state index contributed by atoms with van der Waals surface area (Å²) in [5.74, 6) is 0.790. The molecule has 1 aromatic heterocycles. The molecule has 1 heterocycles. The molecule has 1 unspecified atom stereocenters. The van der Waals surface area contributed by atoms with Gasteiger partial charge in [0, 0.05) is 12.5 Å². The lowest BCUT2D eigenvalue weighted by Gasteiger charge is -2.09. The zero-order valence-electron chi connectivity index (χ0n) is 17.4. The normalized spacial score (nSPS) is 12.3. The summed E-state index contributed by atoms with van der Waals surface area (Å²) in [7, 11) is 0. The van der Waals surface area contributed by atoms with Crippen molar-refractivity contribution >= 4 is 12.0 Å². The minimum absolute atomic E-state index is 0.160. The predicted molar refractivity (Wildman–Crippen MR) is 109 cm³/mol. The first-order valence-electron chi connectivity index (χ1n) is 10.3. The maximum Gasteiger partial charge on any atom is 0.305 e. The summed E-state index contributed by atoms with van der Waals surface area (Å²) in [6.07, 6.45) is 9.12. The summed E-state index contributed by atoms with van der Waals surface area (Å²) in [5.41, 5.74) is -0.240. The van der Waals surface area contributed by atoms with Crippen LogP contribution in [0.1, 0.15) is 76.7 Å². The molecule has 0 amide bonds. The number of hydrogen-bond acceptors (Lipinski definition) is 6. The van der Waals surface area contributed by atoms with E-state index in [0.717, 1.165) is 38.5 Å². The number of hydrogen-bond donors (Lipinski definition) is 1. The third-order valence-electron chi connectivity index (χ3n) is 4.20. The number of carbonyl (C=O) groups excluding carboxylic acids is 1. The first-order valence-corrected chi connectivity index (χ1v) is 10.3. The van der Waals surface area contributed by atoms with Gasteiger partial charge in [-0.2, -0.15) is 0 Å². The van der Waals surface area contributed by atoms with E-state index in [1.807, 2.05) is 0 Å². The Bertz CT molecular complexity index is 661. The van der Waals surface area contributed by atoms with E-state index in [1.165, 1.54) is 6.07 Å². The summed E-state index contributed by atoms with van der Waals surface area (Å²) in [6, 6.07) is 1.39. The Labute approximate surface area is 167 Å². The monoisotopic (exact) mass is 394 g/mol. The summed E-state index contributed by atoms with van der Waals surface area (Å²) in [6.45, 7) is 6.36. The molecule has 0 aliphatic rings. The van der Waals surface area contributed by atoms with Crippen molar-refractivity contribution in [3.05, 3.63) is 33.9 Å². The number of aryl methyl sites for hydroxylation is 1. The van der Waals surface area contributed by atoms with Crippen LogP contribution in [0.5, 0.6) is 5.75 Å². The highest BCUT2D eigenvalue weighted by Crippen LogP contribution is 2.18. The van der Waals surface area contributed by atoms with Gasteiger partial charge in [-0.3, -0.25) is 9.59 Å². The first-order chi connectivity index (χ1) is 13.5. The number of unbranched alkanes of at least 4 members (excludes halogenated alkanes) is 4. The van der Waals surface area contributed by atoms with Crippen LogP contribution in [0.2, 0.25) is 0 Å². The van der Waals surface area contributed by atoms with Gasteiger partial charge < -0.3 is 19.0 Å². The summed E-state index contributed by atoms with van der Waals surface area (Å²) < 4.78 is 16.2. The molecule has 0 radical (unpaired) electrons.